The number of Topliss-reactive ketones (excluding diaryl/α,β-unsaturated/α-hetero) is 2. The lowest BCUT2D eigenvalue weighted by molar-refractivity contribution is -0.119. The molecule has 1 aliphatic carbocycles. The number of fused-ring (bicyclic) bond motifs is 4. The highest BCUT2D eigenvalue weighted by Crippen LogP contribution is 2.36. The highest BCUT2D eigenvalue weighted by Gasteiger charge is 2.35. The first kappa shape index (κ1) is 20.4. The number of benzene rings is 1. The van der Waals surface area contributed by atoms with Crippen molar-refractivity contribution in [2.24, 2.45) is 17.8 Å². The van der Waals surface area contributed by atoms with Gasteiger partial charge in [0.2, 0.25) is 0 Å². The number of nitrogens with zero attached hydrogens (tertiary/aromatic N) is 1. The summed E-state index contributed by atoms with van der Waals surface area (Å²) in [5.74, 6) is 2.57. The molecule has 3 saturated heterocycles. The number of ketones is 2. The average molecular weight is 424 g/mol. The van der Waals surface area contributed by atoms with Crippen molar-refractivity contribution in [2.45, 2.75) is 64.2 Å². The zero-order chi connectivity index (χ0) is 20.5. The topological polar surface area (TPSA) is 37.4 Å². The molecule has 0 N–H and O–H groups in total. The molecule has 0 unspecified atom stereocenters. The fraction of sp³-hybridized carbons (Fsp3) is 0.615. The van der Waals surface area contributed by atoms with Gasteiger partial charge in [0.25, 0.3) is 0 Å². The predicted octanol–water partition coefficient (Wildman–Crippen LogP) is 5.90. The van der Waals surface area contributed by atoms with Gasteiger partial charge in [0.1, 0.15) is 5.78 Å². The van der Waals surface area contributed by atoms with E-state index >= 15 is 0 Å². The fourth-order valence-corrected chi connectivity index (χ4v) is 7.07. The van der Waals surface area contributed by atoms with E-state index in [9.17, 15) is 9.59 Å². The number of piperidine rings is 3. The van der Waals surface area contributed by atoms with Gasteiger partial charge in [-0.2, -0.15) is 0 Å². The SMILES string of the molecule is O=C(Cc1ccc2cc(C(=O)C[C@H]3CN4CCC3CC4)sc2c1)CC1CCCCC1. The minimum Gasteiger partial charge on any atom is -0.303 e. The van der Waals surface area contributed by atoms with Crippen molar-refractivity contribution < 1.29 is 9.59 Å². The molecule has 3 nitrogen and oxygen atoms in total. The first-order valence-electron chi connectivity index (χ1n) is 11.9. The normalized spacial score (nSPS) is 26.9. The Morgan fingerprint density at radius 2 is 1.77 bits per heavy atom. The second-order valence-electron chi connectivity index (χ2n) is 9.93. The minimum absolute atomic E-state index is 0.310. The van der Waals surface area contributed by atoms with E-state index < -0.39 is 0 Å². The number of carbonyl (C=O) groups excluding carboxylic acids is 2. The Labute approximate surface area is 183 Å². The molecule has 1 aromatic carbocycles. The van der Waals surface area contributed by atoms with Gasteiger partial charge in [-0.15, -0.1) is 11.3 Å². The monoisotopic (exact) mass is 423 g/mol. The Balaban J connectivity index is 1.22. The summed E-state index contributed by atoms with van der Waals surface area (Å²) in [6.45, 7) is 3.55. The van der Waals surface area contributed by atoms with E-state index in [0.29, 0.717) is 36.2 Å². The Hall–Kier alpha value is -1.52. The summed E-state index contributed by atoms with van der Waals surface area (Å²) in [7, 11) is 0. The Kier molecular flexibility index (Phi) is 6.06. The standard InChI is InChI=1S/C26H33NO2S/c28-23(12-18-4-2-1-3-5-18)13-19-6-7-21-16-26(30-25(21)14-19)24(29)15-22-17-27-10-8-20(22)9-11-27/h6-7,14,16,18,20,22H,1-5,8-13,15,17H2/t22-/m0/s1. The molecule has 160 valence electrons. The average Bonchev–Trinajstić information content (AvgIpc) is 3.19. The van der Waals surface area contributed by atoms with Crippen molar-refractivity contribution in [3.8, 4) is 0 Å². The lowest BCUT2D eigenvalue weighted by Crippen LogP contribution is -2.47. The second-order valence-corrected chi connectivity index (χ2v) is 11.0. The molecule has 4 aliphatic rings. The maximum atomic E-state index is 13.0. The Bertz CT molecular complexity index is 918. The van der Waals surface area contributed by atoms with Crippen LogP contribution in [0.2, 0.25) is 0 Å². The summed E-state index contributed by atoms with van der Waals surface area (Å²) in [4.78, 5) is 29.0. The van der Waals surface area contributed by atoms with Crippen LogP contribution in [0.5, 0.6) is 0 Å². The van der Waals surface area contributed by atoms with Crippen LogP contribution in [0.1, 0.15) is 73.0 Å². The van der Waals surface area contributed by atoms with Gasteiger partial charge in [-0.25, -0.2) is 0 Å². The number of hydrogen-bond acceptors (Lipinski definition) is 4. The van der Waals surface area contributed by atoms with Crippen LogP contribution in [0.15, 0.2) is 24.3 Å². The third-order valence-electron chi connectivity index (χ3n) is 7.74. The van der Waals surface area contributed by atoms with Crippen molar-refractivity contribution in [1.29, 1.82) is 0 Å². The van der Waals surface area contributed by atoms with Crippen LogP contribution in [0.25, 0.3) is 10.1 Å². The predicted molar refractivity (Wildman–Crippen MR) is 123 cm³/mol. The summed E-state index contributed by atoms with van der Waals surface area (Å²) in [5.41, 5.74) is 1.10. The van der Waals surface area contributed by atoms with Gasteiger partial charge in [-0.1, -0.05) is 44.2 Å². The molecular weight excluding hydrogens is 390 g/mol. The quantitative estimate of drug-likeness (QED) is 0.521. The molecule has 1 saturated carbocycles. The zero-order valence-electron chi connectivity index (χ0n) is 17.9. The molecule has 3 aliphatic heterocycles. The molecule has 0 spiro atoms. The molecule has 0 radical (unpaired) electrons. The van der Waals surface area contributed by atoms with Crippen LogP contribution in [0.3, 0.4) is 0 Å². The first-order chi connectivity index (χ1) is 14.6. The van der Waals surface area contributed by atoms with Gasteiger partial charge >= 0.3 is 0 Å². The lowest BCUT2D eigenvalue weighted by atomic mass is 9.76. The Morgan fingerprint density at radius 3 is 2.50 bits per heavy atom. The van der Waals surface area contributed by atoms with Gasteiger partial charge in [0.15, 0.2) is 5.78 Å². The van der Waals surface area contributed by atoms with E-state index in [1.165, 1.54) is 58.0 Å². The summed E-state index contributed by atoms with van der Waals surface area (Å²) in [5, 5.41) is 1.14. The van der Waals surface area contributed by atoms with Gasteiger partial charge in [-0.3, -0.25) is 9.59 Å². The van der Waals surface area contributed by atoms with Gasteiger partial charge in [0, 0.05) is 30.5 Å². The van der Waals surface area contributed by atoms with Gasteiger partial charge in [-0.05, 0) is 66.8 Å². The van der Waals surface area contributed by atoms with E-state index in [4.69, 9.17) is 0 Å². The minimum atomic E-state index is 0.310. The first-order valence-corrected chi connectivity index (χ1v) is 12.8. The third-order valence-corrected chi connectivity index (χ3v) is 8.88. The van der Waals surface area contributed by atoms with Crippen LogP contribution in [0.4, 0.5) is 0 Å². The molecule has 2 bridgehead atoms. The van der Waals surface area contributed by atoms with Crippen LogP contribution >= 0.6 is 11.3 Å². The van der Waals surface area contributed by atoms with Crippen LogP contribution < -0.4 is 0 Å². The summed E-state index contributed by atoms with van der Waals surface area (Å²) < 4.78 is 1.15. The van der Waals surface area contributed by atoms with Crippen molar-refractivity contribution >= 4 is 33.0 Å². The zero-order valence-corrected chi connectivity index (χ0v) is 18.7. The van der Waals surface area contributed by atoms with Crippen molar-refractivity contribution in [3.63, 3.8) is 0 Å². The molecule has 4 heteroatoms. The molecule has 0 amide bonds. The molecule has 1 atom stereocenters. The smallest absolute Gasteiger partial charge is 0.173 e. The van der Waals surface area contributed by atoms with Crippen LogP contribution in [0, 0.1) is 17.8 Å². The highest BCUT2D eigenvalue weighted by atomic mass is 32.1. The van der Waals surface area contributed by atoms with Gasteiger partial charge < -0.3 is 4.90 Å². The lowest BCUT2D eigenvalue weighted by Gasteiger charge is -2.44. The van der Waals surface area contributed by atoms with E-state index in [1.54, 1.807) is 11.3 Å². The van der Waals surface area contributed by atoms with Crippen LogP contribution in [-0.4, -0.2) is 36.1 Å². The van der Waals surface area contributed by atoms with Crippen molar-refractivity contribution in [1.82, 2.24) is 4.90 Å². The third kappa shape index (κ3) is 4.55. The molecule has 6 rings (SSSR count). The molecule has 30 heavy (non-hydrogen) atoms. The largest absolute Gasteiger partial charge is 0.303 e. The van der Waals surface area contributed by atoms with E-state index in [0.717, 1.165) is 39.4 Å². The fourth-order valence-electron chi connectivity index (χ4n) is 5.99. The Morgan fingerprint density at radius 1 is 0.967 bits per heavy atom. The van der Waals surface area contributed by atoms with Crippen molar-refractivity contribution in [3.05, 3.63) is 34.7 Å². The van der Waals surface area contributed by atoms with E-state index in [-0.39, 0.29) is 0 Å². The van der Waals surface area contributed by atoms with Crippen LogP contribution in [-0.2, 0) is 11.2 Å². The van der Waals surface area contributed by atoms with E-state index in [2.05, 4.69) is 29.2 Å². The number of hydrogen-bond donors (Lipinski definition) is 0. The second kappa shape index (κ2) is 8.92. The van der Waals surface area contributed by atoms with E-state index in [1.807, 2.05) is 0 Å². The number of thiophene rings is 1. The molecule has 4 heterocycles. The molecular formula is C26H33NO2S. The summed E-state index contributed by atoms with van der Waals surface area (Å²) >= 11 is 1.62. The molecule has 2 aromatic rings. The highest BCUT2D eigenvalue weighted by molar-refractivity contribution is 7.20. The van der Waals surface area contributed by atoms with Gasteiger partial charge in [0.05, 0.1) is 4.88 Å². The number of carbonyl (C=O) groups is 2. The molecule has 4 fully saturated rings. The summed E-state index contributed by atoms with van der Waals surface area (Å²) in [6, 6.07) is 8.39. The number of rotatable bonds is 7. The maximum absolute atomic E-state index is 13.0. The summed E-state index contributed by atoms with van der Waals surface area (Å²) in [6.07, 6.45) is 10.9. The van der Waals surface area contributed by atoms with Crippen molar-refractivity contribution in [2.75, 3.05) is 19.6 Å². The molecule has 1 aromatic heterocycles. The maximum Gasteiger partial charge on any atom is 0.173 e.